The van der Waals surface area contributed by atoms with Crippen molar-refractivity contribution in [3.8, 4) is 5.75 Å². The first-order valence-corrected chi connectivity index (χ1v) is 9.41. The molecule has 0 aliphatic heterocycles. The molecule has 1 amide bonds. The van der Waals surface area contributed by atoms with Gasteiger partial charge in [-0.2, -0.15) is 0 Å². The lowest BCUT2D eigenvalue weighted by atomic mass is 10.2. The average molecular weight is 361 g/mol. The number of hydrogen-bond acceptors (Lipinski definition) is 6. The summed E-state index contributed by atoms with van der Waals surface area (Å²) in [6.45, 7) is 2.30. The molecule has 0 spiro atoms. The second-order valence-electron chi connectivity index (χ2n) is 6.13. The quantitative estimate of drug-likeness (QED) is 0.764. The Labute approximate surface area is 151 Å². The van der Waals surface area contributed by atoms with Crippen LogP contribution in [0.1, 0.15) is 44.2 Å². The fourth-order valence-electron chi connectivity index (χ4n) is 3.03. The van der Waals surface area contributed by atoms with Crippen LogP contribution in [-0.4, -0.2) is 38.5 Å². The van der Waals surface area contributed by atoms with Gasteiger partial charge in [0.05, 0.1) is 18.4 Å². The zero-order valence-corrected chi connectivity index (χ0v) is 15.3. The van der Waals surface area contributed by atoms with Crippen LogP contribution in [0.3, 0.4) is 0 Å². The van der Waals surface area contributed by atoms with Gasteiger partial charge in [-0.05, 0) is 36.3 Å². The van der Waals surface area contributed by atoms with Gasteiger partial charge in [0.1, 0.15) is 5.75 Å². The second kappa shape index (κ2) is 8.33. The molecule has 8 heteroatoms. The number of ether oxygens (including phenoxy) is 1. The van der Waals surface area contributed by atoms with Gasteiger partial charge < -0.3 is 10.1 Å². The molecule has 0 radical (unpaired) electrons. The van der Waals surface area contributed by atoms with Crippen LogP contribution in [0.25, 0.3) is 0 Å². The number of carbonyl (C=O) groups is 1. The second-order valence-corrected chi connectivity index (χ2v) is 7.44. The van der Waals surface area contributed by atoms with Gasteiger partial charge in [-0.1, -0.05) is 42.8 Å². The zero-order chi connectivity index (χ0) is 17.6. The number of amides is 1. The zero-order valence-electron chi connectivity index (χ0n) is 14.5. The lowest BCUT2D eigenvalue weighted by Crippen LogP contribution is -2.30. The SMILES string of the molecule is COc1ccccc1CNC(=O)C(C)Sc1nnnn1C1CCCC1. The van der Waals surface area contributed by atoms with E-state index in [9.17, 15) is 4.79 Å². The molecule has 1 N–H and O–H groups in total. The molecule has 1 saturated carbocycles. The van der Waals surface area contributed by atoms with Gasteiger partial charge in [0, 0.05) is 12.1 Å². The molecule has 1 aromatic heterocycles. The van der Waals surface area contributed by atoms with Crippen LogP contribution in [0.4, 0.5) is 0 Å². The van der Waals surface area contributed by atoms with Crippen molar-refractivity contribution < 1.29 is 9.53 Å². The number of hydrogen-bond donors (Lipinski definition) is 1. The van der Waals surface area contributed by atoms with Gasteiger partial charge in [0.25, 0.3) is 0 Å². The highest BCUT2D eigenvalue weighted by Crippen LogP contribution is 2.32. The minimum Gasteiger partial charge on any atom is -0.496 e. The van der Waals surface area contributed by atoms with E-state index < -0.39 is 0 Å². The molecule has 3 rings (SSSR count). The van der Waals surface area contributed by atoms with E-state index in [2.05, 4.69) is 20.8 Å². The summed E-state index contributed by atoms with van der Waals surface area (Å²) in [6, 6.07) is 8.03. The maximum Gasteiger partial charge on any atom is 0.233 e. The predicted octanol–water partition coefficient (Wildman–Crippen LogP) is 2.59. The van der Waals surface area contributed by atoms with E-state index in [-0.39, 0.29) is 11.2 Å². The molecule has 1 aromatic carbocycles. The molecule has 7 nitrogen and oxygen atoms in total. The van der Waals surface area contributed by atoms with Gasteiger partial charge in [-0.25, -0.2) is 4.68 Å². The van der Waals surface area contributed by atoms with Gasteiger partial charge in [0.15, 0.2) is 0 Å². The summed E-state index contributed by atoms with van der Waals surface area (Å²) in [5.41, 5.74) is 0.950. The molecule has 1 aliphatic carbocycles. The number of thioether (sulfide) groups is 1. The minimum absolute atomic E-state index is 0.0446. The van der Waals surface area contributed by atoms with Gasteiger partial charge in [-0.3, -0.25) is 4.79 Å². The fourth-order valence-corrected chi connectivity index (χ4v) is 3.91. The van der Waals surface area contributed by atoms with E-state index in [1.54, 1.807) is 7.11 Å². The standard InChI is InChI=1S/C17H23N5O2S/c1-12(16(23)18-11-13-7-3-6-10-15(13)24-2)25-17-19-20-21-22(17)14-8-4-5-9-14/h3,6-7,10,12,14H,4-5,8-9,11H2,1-2H3,(H,18,23). The maximum absolute atomic E-state index is 12.4. The summed E-state index contributed by atoms with van der Waals surface area (Å²) in [4.78, 5) is 12.4. The number of carbonyl (C=O) groups excluding carboxylic acids is 1. The Morgan fingerprint density at radius 3 is 2.92 bits per heavy atom. The Hall–Kier alpha value is -2.09. The van der Waals surface area contributed by atoms with Crippen LogP contribution in [0.15, 0.2) is 29.4 Å². The molecule has 1 fully saturated rings. The van der Waals surface area contributed by atoms with E-state index in [0.29, 0.717) is 17.7 Å². The molecule has 1 unspecified atom stereocenters. The van der Waals surface area contributed by atoms with Crippen LogP contribution < -0.4 is 10.1 Å². The molecule has 0 saturated heterocycles. The van der Waals surface area contributed by atoms with Crippen molar-refractivity contribution in [2.24, 2.45) is 0 Å². The maximum atomic E-state index is 12.4. The van der Waals surface area contributed by atoms with Crippen molar-refractivity contribution in [1.29, 1.82) is 0 Å². The van der Waals surface area contributed by atoms with E-state index >= 15 is 0 Å². The Kier molecular flexibility index (Phi) is 5.91. The molecular formula is C17H23N5O2S. The molecule has 134 valence electrons. The Morgan fingerprint density at radius 2 is 2.16 bits per heavy atom. The van der Waals surface area contributed by atoms with Crippen LogP contribution in [0.5, 0.6) is 5.75 Å². The molecule has 2 aromatic rings. The fraction of sp³-hybridized carbons (Fsp3) is 0.529. The van der Waals surface area contributed by atoms with E-state index in [4.69, 9.17) is 4.74 Å². The normalized spacial score (nSPS) is 15.9. The lowest BCUT2D eigenvalue weighted by Gasteiger charge is -2.15. The van der Waals surface area contributed by atoms with Crippen LogP contribution in [-0.2, 0) is 11.3 Å². The average Bonchev–Trinajstić information content (AvgIpc) is 3.31. The number of para-hydroxylation sites is 1. The van der Waals surface area contributed by atoms with Gasteiger partial charge in [0.2, 0.25) is 11.1 Å². The first kappa shape index (κ1) is 17.7. The molecule has 1 atom stereocenters. The Morgan fingerprint density at radius 1 is 1.40 bits per heavy atom. The number of tetrazole rings is 1. The van der Waals surface area contributed by atoms with Crippen molar-refractivity contribution in [3.63, 3.8) is 0 Å². The number of rotatable bonds is 7. The third-order valence-electron chi connectivity index (χ3n) is 4.43. The highest BCUT2D eigenvalue weighted by Gasteiger charge is 2.24. The molecule has 25 heavy (non-hydrogen) atoms. The number of aromatic nitrogens is 4. The summed E-state index contributed by atoms with van der Waals surface area (Å²) < 4.78 is 7.19. The largest absolute Gasteiger partial charge is 0.496 e. The third kappa shape index (κ3) is 4.31. The van der Waals surface area contributed by atoms with Crippen LogP contribution >= 0.6 is 11.8 Å². The summed E-state index contributed by atoms with van der Waals surface area (Å²) in [5, 5.41) is 15.4. The highest BCUT2D eigenvalue weighted by atomic mass is 32.2. The van der Waals surface area contributed by atoms with E-state index in [1.165, 1.54) is 24.6 Å². The van der Waals surface area contributed by atoms with Gasteiger partial charge in [-0.15, -0.1) is 5.10 Å². The highest BCUT2D eigenvalue weighted by molar-refractivity contribution is 8.00. The first-order chi connectivity index (χ1) is 12.2. The minimum atomic E-state index is -0.277. The van der Waals surface area contributed by atoms with Crippen LogP contribution in [0, 0.1) is 0 Å². The molecule has 1 heterocycles. The van der Waals surface area contributed by atoms with Gasteiger partial charge >= 0.3 is 0 Å². The van der Waals surface area contributed by atoms with Crippen molar-refractivity contribution in [2.75, 3.05) is 7.11 Å². The number of nitrogens with zero attached hydrogens (tertiary/aromatic N) is 4. The van der Waals surface area contributed by atoms with E-state index in [0.717, 1.165) is 24.2 Å². The Balaban J connectivity index is 1.57. The molecule has 0 bridgehead atoms. The lowest BCUT2D eigenvalue weighted by molar-refractivity contribution is -0.120. The summed E-state index contributed by atoms with van der Waals surface area (Å²) in [5.74, 6) is 0.727. The van der Waals surface area contributed by atoms with E-state index in [1.807, 2.05) is 35.9 Å². The predicted molar refractivity (Wildman–Crippen MR) is 95.5 cm³/mol. The molecule has 1 aliphatic rings. The number of benzene rings is 1. The number of methoxy groups -OCH3 is 1. The molecular weight excluding hydrogens is 338 g/mol. The monoisotopic (exact) mass is 361 g/mol. The smallest absolute Gasteiger partial charge is 0.233 e. The summed E-state index contributed by atoms with van der Waals surface area (Å²) >= 11 is 1.40. The summed E-state index contributed by atoms with van der Waals surface area (Å²) in [7, 11) is 1.63. The van der Waals surface area contributed by atoms with Crippen molar-refractivity contribution in [1.82, 2.24) is 25.5 Å². The topological polar surface area (TPSA) is 81.9 Å². The third-order valence-corrected chi connectivity index (χ3v) is 5.48. The van der Waals surface area contributed by atoms with Crippen molar-refractivity contribution in [3.05, 3.63) is 29.8 Å². The number of nitrogens with one attached hydrogen (secondary N) is 1. The first-order valence-electron chi connectivity index (χ1n) is 8.53. The van der Waals surface area contributed by atoms with Crippen molar-refractivity contribution in [2.45, 2.75) is 55.6 Å². The van der Waals surface area contributed by atoms with Crippen molar-refractivity contribution >= 4 is 17.7 Å². The summed E-state index contributed by atoms with van der Waals surface area (Å²) in [6.07, 6.45) is 4.63. The van der Waals surface area contributed by atoms with Crippen LogP contribution in [0.2, 0.25) is 0 Å². The Bertz CT molecular complexity index is 715.